The maximum absolute atomic E-state index is 10.7. The number of nitrogens with one attached hydrogen (secondary N) is 1. The minimum absolute atomic E-state index is 0.225. The Hall–Kier alpha value is -1.06. The van der Waals surface area contributed by atoms with Crippen LogP contribution < -0.4 is 10.1 Å². The second kappa shape index (κ2) is 5.51. The average molecular weight is 261 g/mol. The summed E-state index contributed by atoms with van der Waals surface area (Å²) in [5.74, 6) is 0.979. The summed E-state index contributed by atoms with van der Waals surface area (Å²) in [5, 5.41) is 14.2. The molecule has 1 aliphatic heterocycles. The molecule has 1 aromatic rings. The lowest BCUT2D eigenvalue weighted by Crippen LogP contribution is -2.41. The van der Waals surface area contributed by atoms with Crippen LogP contribution in [0.5, 0.6) is 5.75 Å². The molecule has 3 heteroatoms. The number of fused-ring (bicyclic) bond motifs is 1. The van der Waals surface area contributed by atoms with Crippen LogP contribution in [0.2, 0.25) is 0 Å². The molecule has 0 spiro atoms. The van der Waals surface area contributed by atoms with E-state index in [0.29, 0.717) is 13.2 Å². The van der Waals surface area contributed by atoms with Gasteiger partial charge >= 0.3 is 0 Å². The van der Waals surface area contributed by atoms with Crippen LogP contribution in [0.25, 0.3) is 0 Å². The summed E-state index contributed by atoms with van der Waals surface area (Å²) in [4.78, 5) is 0. The fourth-order valence-electron chi connectivity index (χ4n) is 3.21. The average Bonchev–Trinajstić information content (AvgIpc) is 2.72. The fourth-order valence-corrected chi connectivity index (χ4v) is 3.21. The van der Waals surface area contributed by atoms with Crippen LogP contribution in [0.15, 0.2) is 24.3 Å². The van der Waals surface area contributed by atoms with E-state index >= 15 is 0 Å². The molecule has 1 aliphatic carbocycles. The van der Waals surface area contributed by atoms with Gasteiger partial charge in [0, 0.05) is 12.1 Å². The van der Waals surface area contributed by atoms with Gasteiger partial charge in [-0.2, -0.15) is 0 Å². The first-order valence-corrected chi connectivity index (χ1v) is 7.44. The summed E-state index contributed by atoms with van der Waals surface area (Å²) in [5.41, 5.74) is 0.702. The van der Waals surface area contributed by atoms with Gasteiger partial charge in [-0.15, -0.1) is 0 Å². The molecule has 2 N–H and O–H groups in total. The molecule has 19 heavy (non-hydrogen) atoms. The number of ether oxygens (including phenoxy) is 1. The van der Waals surface area contributed by atoms with Crippen molar-refractivity contribution in [2.45, 2.75) is 50.2 Å². The molecule has 0 saturated heterocycles. The van der Waals surface area contributed by atoms with Crippen molar-refractivity contribution in [3.8, 4) is 5.75 Å². The minimum Gasteiger partial charge on any atom is -0.491 e. The van der Waals surface area contributed by atoms with Gasteiger partial charge in [0.15, 0.2) is 0 Å². The zero-order chi connectivity index (χ0) is 13.1. The molecule has 3 rings (SSSR count). The monoisotopic (exact) mass is 261 g/mol. The number of benzene rings is 1. The number of para-hydroxylation sites is 1. The Labute approximate surface area is 115 Å². The van der Waals surface area contributed by atoms with E-state index in [2.05, 4.69) is 11.4 Å². The highest BCUT2D eigenvalue weighted by molar-refractivity contribution is 5.39. The van der Waals surface area contributed by atoms with E-state index in [1.54, 1.807) is 0 Å². The van der Waals surface area contributed by atoms with Crippen molar-refractivity contribution >= 4 is 0 Å². The first-order valence-electron chi connectivity index (χ1n) is 7.44. The second-order valence-electron chi connectivity index (χ2n) is 5.92. The molecule has 1 fully saturated rings. The Morgan fingerprint density at radius 1 is 1.16 bits per heavy atom. The molecule has 1 saturated carbocycles. The van der Waals surface area contributed by atoms with E-state index in [9.17, 15) is 5.11 Å². The van der Waals surface area contributed by atoms with Gasteiger partial charge in [0.1, 0.15) is 12.4 Å². The Morgan fingerprint density at radius 3 is 2.68 bits per heavy atom. The molecule has 1 heterocycles. The predicted molar refractivity (Wildman–Crippen MR) is 75.3 cm³/mol. The summed E-state index contributed by atoms with van der Waals surface area (Å²) >= 11 is 0. The molecule has 0 aromatic heterocycles. The van der Waals surface area contributed by atoms with Gasteiger partial charge < -0.3 is 15.2 Å². The van der Waals surface area contributed by atoms with Gasteiger partial charge in [0.2, 0.25) is 0 Å². The predicted octanol–water partition coefficient (Wildman–Crippen LogP) is 2.80. The number of hydrogen-bond acceptors (Lipinski definition) is 3. The summed E-state index contributed by atoms with van der Waals surface area (Å²) in [6.45, 7) is 1.35. The van der Waals surface area contributed by atoms with Gasteiger partial charge in [-0.05, 0) is 18.9 Å². The van der Waals surface area contributed by atoms with E-state index in [0.717, 1.165) is 31.4 Å². The van der Waals surface area contributed by atoms with E-state index in [1.165, 1.54) is 18.4 Å². The Bertz CT molecular complexity index is 425. The largest absolute Gasteiger partial charge is 0.491 e. The third-order valence-corrected chi connectivity index (χ3v) is 4.41. The Kier molecular flexibility index (Phi) is 3.76. The first-order chi connectivity index (χ1) is 9.27. The van der Waals surface area contributed by atoms with Crippen LogP contribution in [0, 0.1) is 0 Å². The van der Waals surface area contributed by atoms with Crippen molar-refractivity contribution in [2.24, 2.45) is 0 Å². The van der Waals surface area contributed by atoms with Crippen molar-refractivity contribution in [2.75, 3.05) is 13.2 Å². The summed E-state index contributed by atoms with van der Waals surface area (Å²) in [6, 6.07) is 8.39. The molecule has 2 aliphatic rings. The number of aliphatic hydroxyl groups is 1. The molecule has 1 unspecified atom stereocenters. The van der Waals surface area contributed by atoms with Crippen molar-refractivity contribution in [1.29, 1.82) is 0 Å². The lowest BCUT2D eigenvalue weighted by Gasteiger charge is -2.28. The molecule has 1 aromatic carbocycles. The third-order valence-electron chi connectivity index (χ3n) is 4.41. The number of rotatable bonds is 3. The topological polar surface area (TPSA) is 41.5 Å². The lowest BCUT2D eigenvalue weighted by molar-refractivity contribution is 0.0221. The molecule has 0 bridgehead atoms. The summed E-state index contributed by atoms with van der Waals surface area (Å²) in [6.07, 6.45) is 6.67. The van der Waals surface area contributed by atoms with Crippen molar-refractivity contribution in [3.05, 3.63) is 29.8 Å². The van der Waals surface area contributed by atoms with E-state index < -0.39 is 5.60 Å². The minimum atomic E-state index is -0.520. The van der Waals surface area contributed by atoms with Crippen LogP contribution in [0.1, 0.15) is 50.1 Å². The first kappa shape index (κ1) is 12.9. The van der Waals surface area contributed by atoms with Gasteiger partial charge in [-0.3, -0.25) is 0 Å². The normalized spacial score (nSPS) is 25.4. The molecular weight excluding hydrogens is 238 g/mol. The van der Waals surface area contributed by atoms with Crippen LogP contribution >= 0.6 is 0 Å². The highest BCUT2D eigenvalue weighted by Gasteiger charge is 2.30. The van der Waals surface area contributed by atoms with Crippen molar-refractivity contribution in [3.63, 3.8) is 0 Å². The fraction of sp³-hybridized carbons (Fsp3) is 0.625. The molecule has 3 nitrogen and oxygen atoms in total. The highest BCUT2D eigenvalue weighted by Crippen LogP contribution is 2.33. The lowest BCUT2D eigenvalue weighted by atomic mass is 9.94. The maximum atomic E-state index is 10.7. The quantitative estimate of drug-likeness (QED) is 0.822. The molecule has 0 amide bonds. The van der Waals surface area contributed by atoms with Crippen LogP contribution in [-0.2, 0) is 0 Å². The summed E-state index contributed by atoms with van der Waals surface area (Å²) in [7, 11) is 0. The third kappa shape index (κ3) is 2.93. The van der Waals surface area contributed by atoms with Crippen LogP contribution in [0.4, 0.5) is 0 Å². The SMILES string of the molecule is OC1(CNC2COc3ccccc32)CCCCCC1. The molecular formula is C16H23NO2. The van der Waals surface area contributed by atoms with E-state index in [-0.39, 0.29) is 6.04 Å². The summed E-state index contributed by atoms with van der Waals surface area (Å²) < 4.78 is 5.66. The van der Waals surface area contributed by atoms with Gasteiger partial charge in [-0.25, -0.2) is 0 Å². The second-order valence-corrected chi connectivity index (χ2v) is 5.92. The van der Waals surface area contributed by atoms with Crippen molar-refractivity contribution in [1.82, 2.24) is 5.32 Å². The Balaban J connectivity index is 1.61. The zero-order valence-corrected chi connectivity index (χ0v) is 11.4. The smallest absolute Gasteiger partial charge is 0.124 e. The molecule has 104 valence electrons. The highest BCUT2D eigenvalue weighted by atomic mass is 16.5. The van der Waals surface area contributed by atoms with E-state index in [1.807, 2.05) is 18.2 Å². The van der Waals surface area contributed by atoms with Crippen LogP contribution in [-0.4, -0.2) is 23.9 Å². The van der Waals surface area contributed by atoms with Crippen molar-refractivity contribution < 1.29 is 9.84 Å². The zero-order valence-electron chi connectivity index (χ0n) is 11.4. The van der Waals surface area contributed by atoms with Crippen LogP contribution in [0.3, 0.4) is 0 Å². The van der Waals surface area contributed by atoms with E-state index in [4.69, 9.17) is 4.74 Å². The maximum Gasteiger partial charge on any atom is 0.124 e. The molecule has 1 atom stereocenters. The van der Waals surface area contributed by atoms with Gasteiger partial charge in [0.05, 0.1) is 11.6 Å². The standard InChI is InChI=1S/C16H23NO2/c18-16(9-5-1-2-6-10-16)12-17-14-11-19-15-8-4-3-7-13(14)15/h3-4,7-8,14,17-18H,1-2,5-6,9-12H2. The Morgan fingerprint density at radius 2 is 1.89 bits per heavy atom. The van der Waals surface area contributed by atoms with Gasteiger partial charge in [-0.1, -0.05) is 43.9 Å². The molecule has 0 radical (unpaired) electrons. The number of hydrogen-bond donors (Lipinski definition) is 2. The van der Waals surface area contributed by atoms with Gasteiger partial charge in [0.25, 0.3) is 0 Å².